The second kappa shape index (κ2) is 15.9. The summed E-state index contributed by atoms with van der Waals surface area (Å²) in [5, 5.41) is 18.6. The van der Waals surface area contributed by atoms with Gasteiger partial charge in [-0.3, -0.25) is 0 Å². The maximum atomic E-state index is 10.6. The lowest BCUT2D eigenvalue weighted by atomic mass is 10.1. The van der Waals surface area contributed by atoms with E-state index in [1.807, 2.05) is 0 Å². The highest BCUT2D eigenvalue weighted by molar-refractivity contribution is 5.64. The number of hydrogen-bond donors (Lipinski definition) is 2. The van der Waals surface area contributed by atoms with E-state index in [1.54, 1.807) is 7.05 Å². The fourth-order valence-electron chi connectivity index (χ4n) is 2.53. The van der Waals surface area contributed by atoms with Crippen molar-refractivity contribution in [2.24, 2.45) is 0 Å². The Labute approximate surface area is 142 Å². The molecular formula is C19H37NO3. The van der Waals surface area contributed by atoms with E-state index in [0.29, 0.717) is 6.54 Å². The summed E-state index contributed by atoms with van der Waals surface area (Å²) < 4.78 is 0. The smallest absolute Gasteiger partial charge is 0.407 e. The summed E-state index contributed by atoms with van der Waals surface area (Å²) in [5.41, 5.74) is 0. The van der Waals surface area contributed by atoms with E-state index in [1.165, 1.54) is 43.4 Å². The van der Waals surface area contributed by atoms with Crippen LogP contribution in [0.4, 0.5) is 4.79 Å². The monoisotopic (exact) mass is 327 g/mol. The van der Waals surface area contributed by atoms with E-state index in [9.17, 15) is 9.90 Å². The first-order chi connectivity index (χ1) is 11.1. The molecule has 0 aliphatic carbocycles. The van der Waals surface area contributed by atoms with Gasteiger partial charge in [0.25, 0.3) is 0 Å². The zero-order valence-electron chi connectivity index (χ0n) is 15.2. The highest BCUT2D eigenvalue weighted by Gasteiger charge is 2.03. The van der Waals surface area contributed by atoms with E-state index in [-0.39, 0.29) is 6.10 Å². The van der Waals surface area contributed by atoms with Gasteiger partial charge in [-0.25, -0.2) is 4.79 Å². The number of hydrogen-bond acceptors (Lipinski definition) is 2. The number of aliphatic hydroxyl groups excluding tert-OH is 1. The zero-order chi connectivity index (χ0) is 17.3. The molecule has 0 aliphatic rings. The van der Waals surface area contributed by atoms with Gasteiger partial charge in [0, 0.05) is 13.6 Å². The Bertz CT molecular complexity index is 305. The third-order valence-corrected chi connectivity index (χ3v) is 4.16. The van der Waals surface area contributed by atoms with Crippen molar-refractivity contribution in [3.05, 3.63) is 12.2 Å². The molecule has 0 aromatic carbocycles. The molecule has 0 rings (SSSR count). The van der Waals surface area contributed by atoms with Crippen LogP contribution in [-0.4, -0.2) is 40.9 Å². The first-order valence-corrected chi connectivity index (χ1v) is 9.35. The molecule has 0 aliphatic heterocycles. The van der Waals surface area contributed by atoms with Gasteiger partial charge in [0.05, 0.1) is 6.10 Å². The fourth-order valence-corrected chi connectivity index (χ4v) is 2.53. The van der Waals surface area contributed by atoms with Crippen LogP contribution in [0.5, 0.6) is 0 Å². The van der Waals surface area contributed by atoms with Gasteiger partial charge in [-0.05, 0) is 32.1 Å². The average molecular weight is 328 g/mol. The Morgan fingerprint density at radius 2 is 1.65 bits per heavy atom. The molecular weight excluding hydrogens is 290 g/mol. The van der Waals surface area contributed by atoms with Gasteiger partial charge < -0.3 is 15.1 Å². The van der Waals surface area contributed by atoms with Crippen LogP contribution in [-0.2, 0) is 0 Å². The Kier molecular flexibility index (Phi) is 15.1. The van der Waals surface area contributed by atoms with Gasteiger partial charge >= 0.3 is 6.09 Å². The normalized spacial score (nSPS) is 12.7. The minimum absolute atomic E-state index is 0.172. The second-order valence-corrected chi connectivity index (χ2v) is 6.47. The number of allylic oxidation sites excluding steroid dienone is 1. The Morgan fingerprint density at radius 1 is 1.00 bits per heavy atom. The molecule has 0 radical (unpaired) electrons. The summed E-state index contributed by atoms with van der Waals surface area (Å²) in [4.78, 5) is 11.9. The topological polar surface area (TPSA) is 60.8 Å². The zero-order valence-corrected chi connectivity index (χ0v) is 15.2. The molecule has 0 aromatic heterocycles. The molecule has 23 heavy (non-hydrogen) atoms. The number of amides is 1. The van der Waals surface area contributed by atoms with Crippen LogP contribution in [0.3, 0.4) is 0 Å². The number of rotatable bonds is 15. The lowest BCUT2D eigenvalue weighted by Crippen LogP contribution is -2.25. The molecule has 4 heteroatoms. The molecule has 0 aromatic rings. The van der Waals surface area contributed by atoms with Gasteiger partial charge in [-0.15, -0.1) is 0 Å². The van der Waals surface area contributed by atoms with Crippen LogP contribution in [0.25, 0.3) is 0 Å². The Balaban J connectivity index is 3.32. The second-order valence-electron chi connectivity index (χ2n) is 6.47. The first-order valence-electron chi connectivity index (χ1n) is 9.35. The van der Waals surface area contributed by atoms with Gasteiger partial charge in [0.1, 0.15) is 0 Å². The number of carboxylic acid groups (broad SMARTS) is 1. The minimum Gasteiger partial charge on any atom is -0.465 e. The number of aliphatic hydroxyl groups is 1. The van der Waals surface area contributed by atoms with Crippen molar-refractivity contribution in [3.63, 3.8) is 0 Å². The third kappa shape index (κ3) is 15.6. The number of nitrogens with zero attached hydrogens (tertiary/aromatic N) is 1. The van der Waals surface area contributed by atoms with Crippen LogP contribution in [0.2, 0.25) is 0 Å². The summed E-state index contributed by atoms with van der Waals surface area (Å²) in [6.45, 7) is 2.83. The maximum Gasteiger partial charge on any atom is 0.407 e. The quantitative estimate of drug-likeness (QED) is 0.320. The van der Waals surface area contributed by atoms with Gasteiger partial charge in [-0.2, -0.15) is 0 Å². The molecule has 0 heterocycles. The van der Waals surface area contributed by atoms with Crippen molar-refractivity contribution >= 4 is 6.09 Å². The highest BCUT2D eigenvalue weighted by Crippen LogP contribution is 2.10. The fraction of sp³-hybridized carbons (Fsp3) is 0.842. The Morgan fingerprint density at radius 3 is 2.35 bits per heavy atom. The van der Waals surface area contributed by atoms with Crippen LogP contribution in [0, 0.1) is 0 Å². The largest absolute Gasteiger partial charge is 0.465 e. The molecule has 2 N–H and O–H groups in total. The summed E-state index contributed by atoms with van der Waals surface area (Å²) in [6.07, 6.45) is 16.6. The van der Waals surface area contributed by atoms with Crippen molar-refractivity contribution in [1.29, 1.82) is 0 Å². The van der Waals surface area contributed by atoms with Crippen LogP contribution in [0.15, 0.2) is 12.2 Å². The standard InChI is InChI=1S/C19H37NO3/c1-3-4-5-12-15-18(21)16-13-10-8-6-7-9-11-14-17-20(2)19(22)23/h10,13,18,21H,3-9,11-12,14-17H2,1-2H3,(H,22,23)/b13-10+. The van der Waals surface area contributed by atoms with Crippen LogP contribution >= 0.6 is 0 Å². The molecule has 1 atom stereocenters. The average Bonchev–Trinajstić information content (AvgIpc) is 2.53. The van der Waals surface area contributed by atoms with Crippen molar-refractivity contribution in [2.75, 3.05) is 13.6 Å². The predicted molar refractivity (Wildman–Crippen MR) is 96.9 cm³/mol. The SMILES string of the molecule is CCCCCCC(O)C/C=C/CCCCCCCN(C)C(=O)O. The number of carbonyl (C=O) groups is 1. The molecule has 1 amide bonds. The van der Waals surface area contributed by atoms with E-state index in [0.717, 1.165) is 38.5 Å². The van der Waals surface area contributed by atoms with Crippen LogP contribution in [0.1, 0.15) is 84.0 Å². The maximum absolute atomic E-state index is 10.6. The van der Waals surface area contributed by atoms with Crippen molar-refractivity contribution in [2.45, 2.75) is 90.1 Å². The van der Waals surface area contributed by atoms with Gasteiger partial charge in [0.2, 0.25) is 0 Å². The molecule has 0 spiro atoms. The molecule has 0 saturated heterocycles. The van der Waals surface area contributed by atoms with E-state index < -0.39 is 6.09 Å². The summed E-state index contributed by atoms with van der Waals surface area (Å²) >= 11 is 0. The van der Waals surface area contributed by atoms with E-state index >= 15 is 0 Å². The highest BCUT2D eigenvalue weighted by atomic mass is 16.4. The Hall–Kier alpha value is -1.03. The summed E-state index contributed by atoms with van der Waals surface area (Å²) in [5.74, 6) is 0. The molecule has 136 valence electrons. The molecule has 0 bridgehead atoms. The lowest BCUT2D eigenvalue weighted by Gasteiger charge is -2.11. The molecule has 0 saturated carbocycles. The lowest BCUT2D eigenvalue weighted by molar-refractivity contribution is 0.155. The first kappa shape index (κ1) is 22.0. The van der Waals surface area contributed by atoms with E-state index in [2.05, 4.69) is 19.1 Å². The van der Waals surface area contributed by atoms with Gasteiger partial charge in [-0.1, -0.05) is 64.0 Å². The molecule has 1 unspecified atom stereocenters. The summed E-state index contributed by atoms with van der Waals surface area (Å²) in [6, 6.07) is 0. The van der Waals surface area contributed by atoms with Crippen LogP contribution < -0.4 is 0 Å². The van der Waals surface area contributed by atoms with Crippen molar-refractivity contribution in [3.8, 4) is 0 Å². The predicted octanol–water partition coefficient (Wildman–Crippen LogP) is 5.21. The van der Waals surface area contributed by atoms with Crippen molar-refractivity contribution in [1.82, 2.24) is 4.90 Å². The summed E-state index contributed by atoms with van der Waals surface area (Å²) in [7, 11) is 1.62. The van der Waals surface area contributed by atoms with Crippen molar-refractivity contribution < 1.29 is 15.0 Å². The number of unbranched alkanes of at least 4 members (excludes halogenated alkanes) is 8. The molecule has 4 nitrogen and oxygen atoms in total. The minimum atomic E-state index is -0.845. The van der Waals surface area contributed by atoms with Gasteiger partial charge in [0.15, 0.2) is 0 Å². The van der Waals surface area contributed by atoms with E-state index in [4.69, 9.17) is 5.11 Å². The third-order valence-electron chi connectivity index (χ3n) is 4.16. The molecule has 0 fully saturated rings.